The van der Waals surface area contributed by atoms with Crippen LogP contribution in [0.3, 0.4) is 0 Å². The molecule has 1 fully saturated rings. The third-order valence-corrected chi connectivity index (χ3v) is 4.38. The van der Waals surface area contributed by atoms with E-state index < -0.39 is 0 Å². The molecule has 2 atom stereocenters. The topological polar surface area (TPSA) is 50.4 Å². The Morgan fingerprint density at radius 3 is 3.06 bits per heavy atom. The first kappa shape index (κ1) is 14.2. The van der Waals surface area contributed by atoms with Gasteiger partial charge in [0.15, 0.2) is 0 Å². The van der Waals surface area contributed by atoms with Gasteiger partial charge in [-0.25, -0.2) is 0 Å². The summed E-state index contributed by atoms with van der Waals surface area (Å²) >= 11 is 5.55. The van der Waals surface area contributed by atoms with Gasteiger partial charge in [0, 0.05) is 28.2 Å². The lowest BCUT2D eigenvalue weighted by Crippen LogP contribution is -2.43. The van der Waals surface area contributed by atoms with Crippen molar-refractivity contribution < 1.29 is 9.53 Å². The Bertz CT molecular complexity index is 456. The summed E-state index contributed by atoms with van der Waals surface area (Å²) in [5, 5.41) is 6.22. The number of rotatable bonds is 3. The Morgan fingerprint density at radius 1 is 1.56 bits per heavy atom. The molecule has 4 nitrogen and oxygen atoms in total. The van der Waals surface area contributed by atoms with E-state index in [-0.39, 0.29) is 18.1 Å². The van der Waals surface area contributed by atoms with E-state index in [0.717, 1.165) is 21.1 Å². The van der Waals surface area contributed by atoms with Crippen LogP contribution in [-0.4, -0.2) is 38.3 Å². The molecule has 0 saturated carbocycles. The molecule has 1 aliphatic heterocycles. The lowest BCUT2D eigenvalue weighted by Gasteiger charge is -2.19. The second kappa shape index (κ2) is 6.31. The minimum Gasteiger partial charge on any atom is -0.378 e. The van der Waals surface area contributed by atoms with Gasteiger partial charge in [-0.05, 0) is 40.8 Å². The maximum Gasteiger partial charge on any atom is 0.252 e. The van der Waals surface area contributed by atoms with E-state index in [0.29, 0.717) is 5.56 Å². The summed E-state index contributed by atoms with van der Waals surface area (Å²) in [4.78, 5) is 12.2. The van der Waals surface area contributed by atoms with E-state index in [9.17, 15) is 4.79 Å². The summed E-state index contributed by atoms with van der Waals surface area (Å²) in [7, 11) is 1.67. The molecule has 1 unspecified atom stereocenters. The molecule has 2 rings (SSSR count). The van der Waals surface area contributed by atoms with Gasteiger partial charge in [-0.15, -0.1) is 0 Å². The van der Waals surface area contributed by atoms with Crippen molar-refractivity contribution in [3.8, 4) is 0 Å². The van der Waals surface area contributed by atoms with E-state index in [4.69, 9.17) is 4.74 Å². The van der Waals surface area contributed by atoms with E-state index in [1.807, 2.05) is 18.2 Å². The molecule has 1 aromatic rings. The van der Waals surface area contributed by atoms with Crippen LogP contribution in [0.5, 0.6) is 0 Å². The van der Waals surface area contributed by atoms with Gasteiger partial charge in [0.1, 0.15) is 0 Å². The molecule has 1 saturated heterocycles. The second-order valence-corrected chi connectivity index (χ2v) is 6.21. The molecule has 1 aliphatic rings. The van der Waals surface area contributed by atoms with Crippen LogP contribution in [0.1, 0.15) is 10.4 Å². The lowest BCUT2D eigenvalue weighted by atomic mass is 10.1. The van der Waals surface area contributed by atoms with Gasteiger partial charge in [-0.2, -0.15) is 0 Å². The number of hydrogen-bond acceptors (Lipinski definition) is 3. The third kappa shape index (κ3) is 3.23. The van der Waals surface area contributed by atoms with Crippen LogP contribution in [0.4, 0.5) is 0 Å². The molecule has 1 aromatic carbocycles. The number of carbonyl (C=O) groups excluding carboxylic acids is 1. The van der Waals surface area contributed by atoms with Crippen LogP contribution in [0, 0.1) is 3.57 Å². The minimum absolute atomic E-state index is 0.0253. The smallest absolute Gasteiger partial charge is 0.252 e. The average molecular weight is 425 g/mol. The maximum absolute atomic E-state index is 12.2. The molecule has 1 heterocycles. The number of nitrogens with one attached hydrogen (secondary N) is 2. The zero-order chi connectivity index (χ0) is 13.1. The van der Waals surface area contributed by atoms with E-state index in [2.05, 4.69) is 49.2 Å². The number of benzene rings is 1. The quantitative estimate of drug-likeness (QED) is 0.727. The first-order valence-electron chi connectivity index (χ1n) is 5.61. The highest BCUT2D eigenvalue weighted by Crippen LogP contribution is 2.18. The van der Waals surface area contributed by atoms with E-state index in [1.54, 1.807) is 7.11 Å². The Morgan fingerprint density at radius 2 is 2.33 bits per heavy atom. The highest BCUT2D eigenvalue weighted by atomic mass is 127. The number of amides is 1. The lowest BCUT2D eigenvalue weighted by molar-refractivity contribution is 0.0779. The molecule has 0 aromatic heterocycles. The van der Waals surface area contributed by atoms with Gasteiger partial charge in [-0.3, -0.25) is 4.79 Å². The number of halogens is 2. The van der Waals surface area contributed by atoms with Gasteiger partial charge < -0.3 is 15.4 Å². The van der Waals surface area contributed by atoms with Crippen molar-refractivity contribution in [2.45, 2.75) is 12.1 Å². The zero-order valence-corrected chi connectivity index (χ0v) is 13.6. The predicted molar refractivity (Wildman–Crippen MR) is 81.8 cm³/mol. The monoisotopic (exact) mass is 424 g/mol. The second-order valence-electron chi connectivity index (χ2n) is 4.14. The van der Waals surface area contributed by atoms with Crippen LogP contribution in [-0.2, 0) is 4.74 Å². The Balaban J connectivity index is 2.09. The molecule has 2 N–H and O–H groups in total. The summed E-state index contributed by atoms with van der Waals surface area (Å²) in [6.45, 7) is 1.52. The predicted octanol–water partition coefficient (Wildman–Crippen LogP) is 1.77. The van der Waals surface area contributed by atoms with Crippen molar-refractivity contribution in [1.29, 1.82) is 0 Å². The normalized spacial score (nSPS) is 23.1. The fraction of sp³-hybridized carbons (Fsp3) is 0.417. The maximum atomic E-state index is 12.2. The standard InChI is InChI=1S/C12H14BrIN2O2/c1-18-11-6-15-5-10(11)16-12(17)8-4-7(13)2-3-9(8)14/h2-4,10-11,15H,5-6H2,1H3,(H,16,17)/t10?,11-/m0/s1. The van der Waals surface area contributed by atoms with Crippen LogP contribution in [0.15, 0.2) is 22.7 Å². The van der Waals surface area contributed by atoms with Crippen LogP contribution in [0.2, 0.25) is 0 Å². The molecule has 0 aliphatic carbocycles. The molecule has 98 valence electrons. The largest absolute Gasteiger partial charge is 0.378 e. The molecule has 0 bridgehead atoms. The highest BCUT2D eigenvalue weighted by Gasteiger charge is 2.28. The number of methoxy groups -OCH3 is 1. The highest BCUT2D eigenvalue weighted by molar-refractivity contribution is 14.1. The van der Waals surface area contributed by atoms with Crippen molar-refractivity contribution in [2.75, 3.05) is 20.2 Å². The Labute approximate surface area is 128 Å². The Kier molecular flexibility index (Phi) is 4.99. The number of ether oxygens (including phenoxy) is 1. The fourth-order valence-corrected chi connectivity index (χ4v) is 2.91. The first-order valence-corrected chi connectivity index (χ1v) is 7.48. The van der Waals surface area contributed by atoms with Crippen LogP contribution in [0.25, 0.3) is 0 Å². The van der Waals surface area contributed by atoms with Gasteiger partial charge >= 0.3 is 0 Å². The summed E-state index contributed by atoms with van der Waals surface area (Å²) < 4.78 is 7.17. The molecule has 0 radical (unpaired) electrons. The summed E-state index contributed by atoms with van der Waals surface area (Å²) in [5.41, 5.74) is 0.687. The van der Waals surface area contributed by atoms with Crippen LogP contribution < -0.4 is 10.6 Å². The summed E-state index contributed by atoms with van der Waals surface area (Å²) in [6, 6.07) is 5.70. The third-order valence-electron chi connectivity index (χ3n) is 2.95. The summed E-state index contributed by atoms with van der Waals surface area (Å²) in [6.07, 6.45) is 0.0405. The van der Waals surface area contributed by atoms with Crippen molar-refractivity contribution in [1.82, 2.24) is 10.6 Å². The van der Waals surface area contributed by atoms with Gasteiger partial charge in [0.05, 0.1) is 17.7 Å². The van der Waals surface area contributed by atoms with Crippen molar-refractivity contribution in [2.24, 2.45) is 0 Å². The average Bonchev–Trinajstić information content (AvgIpc) is 2.79. The van der Waals surface area contributed by atoms with Crippen molar-refractivity contribution in [3.63, 3.8) is 0 Å². The molecular weight excluding hydrogens is 411 g/mol. The molecule has 1 amide bonds. The SMILES string of the molecule is CO[C@H]1CNCC1NC(=O)c1cc(Br)ccc1I. The summed E-state index contributed by atoms with van der Waals surface area (Å²) in [5.74, 6) is -0.0588. The molecule has 6 heteroatoms. The van der Waals surface area contributed by atoms with Crippen molar-refractivity contribution in [3.05, 3.63) is 31.8 Å². The van der Waals surface area contributed by atoms with Crippen molar-refractivity contribution >= 4 is 44.4 Å². The van der Waals surface area contributed by atoms with Gasteiger partial charge in [-0.1, -0.05) is 15.9 Å². The minimum atomic E-state index is -0.0588. The first-order chi connectivity index (χ1) is 8.61. The van der Waals surface area contributed by atoms with Gasteiger partial charge in [0.2, 0.25) is 0 Å². The van der Waals surface area contributed by atoms with E-state index >= 15 is 0 Å². The zero-order valence-electron chi connectivity index (χ0n) is 9.87. The van der Waals surface area contributed by atoms with Gasteiger partial charge in [0.25, 0.3) is 5.91 Å². The van der Waals surface area contributed by atoms with Crippen LogP contribution >= 0.6 is 38.5 Å². The number of carbonyl (C=O) groups is 1. The molecule has 18 heavy (non-hydrogen) atoms. The van der Waals surface area contributed by atoms with E-state index in [1.165, 1.54) is 0 Å². The Hall–Kier alpha value is -0.180. The number of hydrogen-bond donors (Lipinski definition) is 2. The molecular formula is C12H14BrIN2O2. The fourth-order valence-electron chi connectivity index (χ4n) is 1.96. The molecule has 0 spiro atoms.